The van der Waals surface area contributed by atoms with Gasteiger partial charge in [0.1, 0.15) is 5.82 Å². The molecule has 1 fully saturated rings. The SMILES string of the molecule is CC(C)c1ccccc1Sc1ccc(-c2ccnc(N3CCC[C@H](C(=O)O)C3)c2)cc1C(F)(F)F. The van der Waals surface area contributed by atoms with Crippen LogP contribution in [0.2, 0.25) is 0 Å². The highest BCUT2D eigenvalue weighted by molar-refractivity contribution is 7.99. The molecule has 1 aliphatic rings. The molecule has 35 heavy (non-hydrogen) atoms. The summed E-state index contributed by atoms with van der Waals surface area (Å²) in [6.07, 6.45) is -1.61. The highest BCUT2D eigenvalue weighted by atomic mass is 32.2. The Bertz CT molecular complexity index is 1210. The van der Waals surface area contributed by atoms with Crippen LogP contribution in [0, 0.1) is 5.92 Å². The lowest BCUT2D eigenvalue weighted by Crippen LogP contribution is -2.39. The third kappa shape index (κ3) is 5.81. The normalized spacial score (nSPS) is 16.5. The van der Waals surface area contributed by atoms with Crippen molar-refractivity contribution in [2.24, 2.45) is 5.92 Å². The number of pyridine rings is 1. The minimum absolute atomic E-state index is 0.156. The van der Waals surface area contributed by atoms with E-state index in [1.165, 1.54) is 12.1 Å². The maximum Gasteiger partial charge on any atom is 0.417 e. The Morgan fingerprint density at radius 3 is 2.54 bits per heavy atom. The molecule has 1 saturated heterocycles. The molecule has 184 valence electrons. The van der Waals surface area contributed by atoms with Gasteiger partial charge in [0.25, 0.3) is 0 Å². The zero-order valence-electron chi connectivity index (χ0n) is 19.5. The molecular weight excluding hydrogens is 473 g/mol. The average molecular weight is 501 g/mol. The number of alkyl halides is 3. The molecule has 0 saturated carbocycles. The summed E-state index contributed by atoms with van der Waals surface area (Å²) in [5.41, 5.74) is 1.38. The van der Waals surface area contributed by atoms with Crippen LogP contribution in [-0.4, -0.2) is 29.1 Å². The van der Waals surface area contributed by atoms with E-state index in [0.29, 0.717) is 36.5 Å². The number of rotatable bonds is 6. The van der Waals surface area contributed by atoms with Crippen molar-refractivity contribution in [2.45, 2.75) is 48.6 Å². The number of aliphatic carboxylic acids is 1. The fourth-order valence-electron chi connectivity index (χ4n) is 4.35. The summed E-state index contributed by atoms with van der Waals surface area (Å²) >= 11 is 1.13. The third-order valence-corrected chi connectivity index (χ3v) is 7.39. The smallest absolute Gasteiger partial charge is 0.417 e. The van der Waals surface area contributed by atoms with Gasteiger partial charge in [-0.1, -0.05) is 49.9 Å². The molecule has 1 aliphatic heterocycles. The summed E-state index contributed by atoms with van der Waals surface area (Å²) < 4.78 is 42.3. The minimum Gasteiger partial charge on any atom is -0.481 e. The molecule has 0 bridgehead atoms. The van der Waals surface area contributed by atoms with Gasteiger partial charge >= 0.3 is 12.1 Å². The van der Waals surface area contributed by atoms with Gasteiger partial charge in [-0.3, -0.25) is 4.79 Å². The first-order chi connectivity index (χ1) is 16.6. The Morgan fingerprint density at radius 2 is 1.83 bits per heavy atom. The van der Waals surface area contributed by atoms with E-state index in [-0.39, 0.29) is 10.8 Å². The molecule has 3 aromatic rings. The number of hydrogen-bond donors (Lipinski definition) is 1. The van der Waals surface area contributed by atoms with Crippen molar-refractivity contribution < 1.29 is 23.1 Å². The maximum atomic E-state index is 14.1. The van der Waals surface area contributed by atoms with Crippen molar-refractivity contribution >= 4 is 23.5 Å². The van der Waals surface area contributed by atoms with Gasteiger partial charge in [0.05, 0.1) is 11.5 Å². The standard InChI is InChI=1S/C27H27F3N2O2S/c1-17(2)21-7-3-4-8-23(21)35-24-10-9-18(14-22(24)27(28,29)30)19-11-12-31-25(15-19)32-13-5-6-20(16-32)26(33)34/h3-4,7-12,14-15,17,20H,5-6,13,16H2,1-2H3,(H,33,34)/t20-/m0/s1. The van der Waals surface area contributed by atoms with Gasteiger partial charge in [0.2, 0.25) is 0 Å². The number of hydrogen-bond acceptors (Lipinski definition) is 4. The Labute approximate surface area is 207 Å². The second-order valence-electron chi connectivity index (χ2n) is 9.03. The summed E-state index contributed by atoms with van der Waals surface area (Å²) in [6, 6.07) is 15.4. The molecule has 0 amide bonds. The maximum absolute atomic E-state index is 14.1. The van der Waals surface area contributed by atoms with E-state index < -0.39 is 23.6 Å². The summed E-state index contributed by atoms with van der Waals surface area (Å²) in [5, 5.41) is 9.37. The molecule has 0 spiro atoms. The van der Waals surface area contributed by atoms with Crippen LogP contribution in [-0.2, 0) is 11.0 Å². The van der Waals surface area contributed by atoms with Crippen LogP contribution < -0.4 is 4.90 Å². The second-order valence-corrected chi connectivity index (χ2v) is 10.1. The first-order valence-electron chi connectivity index (χ1n) is 11.6. The fraction of sp³-hybridized carbons (Fsp3) is 0.333. The van der Waals surface area contributed by atoms with E-state index in [9.17, 15) is 23.1 Å². The highest BCUT2D eigenvalue weighted by Gasteiger charge is 2.34. The van der Waals surface area contributed by atoms with Gasteiger partial charge in [-0.25, -0.2) is 4.98 Å². The van der Waals surface area contributed by atoms with Crippen molar-refractivity contribution in [3.05, 3.63) is 71.9 Å². The molecule has 1 aromatic heterocycles. The summed E-state index contributed by atoms with van der Waals surface area (Å²) in [5.74, 6) is -0.548. The van der Waals surface area contributed by atoms with Crippen LogP contribution >= 0.6 is 11.8 Å². The molecule has 0 aliphatic carbocycles. The van der Waals surface area contributed by atoms with E-state index in [1.807, 2.05) is 43.0 Å². The minimum atomic E-state index is -4.51. The van der Waals surface area contributed by atoms with Gasteiger partial charge in [-0.05, 0) is 65.8 Å². The molecular formula is C27H27F3N2O2S. The van der Waals surface area contributed by atoms with E-state index in [1.54, 1.807) is 24.4 Å². The van der Waals surface area contributed by atoms with Gasteiger partial charge in [0.15, 0.2) is 0 Å². The molecule has 2 aromatic carbocycles. The van der Waals surface area contributed by atoms with E-state index in [4.69, 9.17) is 0 Å². The molecule has 8 heteroatoms. The molecule has 1 atom stereocenters. The van der Waals surface area contributed by atoms with Crippen molar-refractivity contribution in [1.82, 2.24) is 4.98 Å². The van der Waals surface area contributed by atoms with Crippen LogP contribution in [0.4, 0.5) is 19.0 Å². The summed E-state index contributed by atoms with van der Waals surface area (Å²) in [4.78, 5) is 18.6. The Kier molecular flexibility index (Phi) is 7.40. The van der Waals surface area contributed by atoms with Gasteiger partial charge in [-0.2, -0.15) is 13.2 Å². The van der Waals surface area contributed by atoms with Crippen LogP contribution in [0.25, 0.3) is 11.1 Å². The lowest BCUT2D eigenvalue weighted by molar-refractivity contribution is -0.142. The Morgan fingerprint density at radius 1 is 1.09 bits per heavy atom. The lowest BCUT2D eigenvalue weighted by Gasteiger charge is -2.31. The molecule has 0 radical (unpaired) electrons. The van der Waals surface area contributed by atoms with Crippen LogP contribution in [0.3, 0.4) is 0 Å². The second kappa shape index (κ2) is 10.3. The molecule has 4 nitrogen and oxygen atoms in total. The topological polar surface area (TPSA) is 53.4 Å². The zero-order chi connectivity index (χ0) is 25.2. The van der Waals surface area contributed by atoms with Crippen molar-refractivity contribution in [2.75, 3.05) is 18.0 Å². The third-order valence-electron chi connectivity index (χ3n) is 6.22. The summed E-state index contributed by atoms with van der Waals surface area (Å²) in [6.45, 7) is 5.05. The number of benzene rings is 2. The molecule has 0 unspecified atom stereocenters. The molecule has 2 heterocycles. The van der Waals surface area contributed by atoms with Crippen LogP contribution in [0.15, 0.2) is 70.6 Å². The number of piperidine rings is 1. The summed E-state index contributed by atoms with van der Waals surface area (Å²) in [7, 11) is 0. The van der Waals surface area contributed by atoms with E-state index in [0.717, 1.165) is 28.6 Å². The number of carboxylic acids is 1. The zero-order valence-corrected chi connectivity index (χ0v) is 20.4. The van der Waals surface area contributed by atoms with Gasteiger partial charge in [-0.15, -0.1) is 0 Å². The van der Waals surface area contributed by atoms with Crippen molar-refractivity contribution in [1.29, 1.82) is 0 Å². The average Bonchev–Trinajstić information content (AvgIpc) is 2.84. The monoisotopic (exact) mass is 500 g/mol. The number of carbonyl (C=O) groups is 1. The van der Waals surface area contributed by atoms with Crippen molar-refractivity contribution in [3.63, 3.8) is 0 Å². The molecule has 4 rings (SSSR count). The van der Waals surface area contributed by atoms with Crippen LogP contribution in [0.1, 0.15) is 43.7 Å². The fourth-order valence-corrected chi connectivity index (χ4v) is 5.57. The van der Waals surface area contributed by atoms with E-state index in [2.05, 4.69) is 4.98 Å². The Balaban J connectivity index is 1.67. The largest absolute Gasteiger partial charge is 0.481 e. The number of carboxylic acid groups (broad SMARTS) is 1. The number of aromatic nitrogens is 1. The number of nitrogens with zero attached hydrogens (tertiary/aromatic N) is 2. The first kappa shape index (κ1) is 25.1. The van der Waals surface area contributed by atoms with Crippen LogP contribution in [0.5, 0.6) is 0 Å². The highest BCUT2D eigenvalue weighted by Crippen LogP contribution is 2.43. The predicted octanol–water partition coefficient (Wildman–Crippen LogP) is 7.34. The van der Waals surface area contributed by atoms with Gasteiger partial charge in [0, 0.05) is 29.1 Å². The number of halogens is 3. The predicted molar refractivity (Wildman–Crippen MR) is 132 cm³/mol. The Hall–Kier alpha value is -3.00. The molecule has 1 N–H and O–H groups in total. The first-order valence-corrected chi connectivity index (χ1v) is 12.4. The van der Waals surface area contributed by atoms with Crippen molar-refractivity contribution in [3.8, 4) is 11.1 Å². The number of anilines is 1. The lowest BCUT2D eigenvalue weighted by atomic mass is 9.98. The van der Waals surface area contributed by atoms with Gasteiger partial charge < -0.3 is 10.0 Å². The van der Waals surface area contributed by atoms with E-state index >= 15 is 0 Å². The quantitative estimate of drug-likeness (QED) is 0.384.